The van der Waals surface area contributed by atoms with Gasteiger partial charge in [0, 0.05) is 38.9 Å². The number of nitrogens with zero attached hydrogens (tertiary/aromatic N) is 6. The lowest BCUT2D eigenvalue weighted by Crippen LogP contribution is -2.52. The molecule has 1 aliphatic heterocycles. The molecule has 29 heavy (non-hydrogen) atoms. The predicted octanol–water partition coefficient (Wildman–Crippen LogP) is 1.87. The normalized spacial score (nSPS) is 14.9. The summed E-state index contributed by atoms with van der Waals surface area (Å²) >= 11 is 0. The van der Waals surface area contributed by atoms with E-state index in [4.69, 9.17) is 0 Å². The Morgan fingerprint density at radius 1 is 1.03 bits per heavy atom. The molecule has 1 fully saturated rings. The molecule has 2 N–H and O–H groups in total. The number of hydrogen-bond donors (Lipinski definition) is 2. The van der Waals surface area contributed by atoms with Crippen LogP contribution in [0.2, 0.25) is 0 Å². The average molecular weight is 391 g/mol. The number of nitrogens with one attached hydrogen (secondary N) is 1. The van der Waals surface area contributed by atoms with Crippen LogP contribution < -0.4 is 10.2 Å². The Morgan fingerprint density at radius 2 is 1.76 bits per heavy atom. The van der Waals surface area contributed by atoms with Crippen LogP contribution >= 0.6 is 0 Å². The van der Waals surface area contributed by atoms with Crippen LogP contribution in [-0.2, 0) is 6.54 Å². The Kier molecular flexibility index (Phi) is 5.60. The fourth-order valence-electron chi connectivity index (χ4n) is 3.56. The third-order valence-corrected chi connectivity index (χ3v) is 5.07. The van der Waals surface area contributed by atoms with Crippen LogP contribution in [0.1, 0.15) is 5.82 Å². The van der Waals surface area contributed by atoms with Gasteiger partial charge >= 0.3 is 0 Å². The zero-order valence-electron chi connectivity index (χ0n) is 16.4. The van der Waals surface area contributed by atoms with E-state index in [-0.39, 0.29) is 0 Å². The molecule has 8 heteroatoms. The van der Waals surface area contributed by atoms with E-state index in [1.807, 2.05) is 53.1 Å². The first kappa shape index (κ1) is 18.8. The largest absolute Gasteiger partial charge is 0.506 e. The first-order valence-corrected chi connectivity index (χ1v) is 9.69. The number of para-hydroxylation sites is 3. The monoisotopic (exact) mass is 391 g/mol. The lowest BCUT2D eigenvalue weighted by molar-refractivity contribution is 0.369. The number of guanidine groups is 1. The summed E-state index contributed by atoms with van der Waals surface area (Å²) in [4.78, 5) is 8.86. The van der Waals surface area contributed by atoms with Crippen molar-refractivity contribution in [3.8, 4) is 11.4 Å². The molecule has 1 aromatic heterocycles. The second-order valence-corrected chi connectivity index (χ2v) is 6.82. The molecule has 0 amide bonds. The van der Waals surface area contributed by atoms with Crippen LogP contribution in [0.15, 0.2) is 65.9 Å². The fraction of sp³-hybridized carbons (Fsp3) is 0.286. The molecule has 0 unspecified atom stereocenters. The molecule has 0 bridgehead atoms. The highest BCUT2D eigenvalue weighted by Crippen LogP contribution is 2.27. The van der Waals surface area contributed by atoms with Crippen molar-refractivity contribution in [3.63, 3.8) is 0 Å². The van der Waals surface area contributed by atoms with Gasteiger partial charge in [-0.3, -0.25) is 9.56 Å². The number of anilines is 1. The summed E-state index contributed by atoms with van der Waals surface area (Å²) in [5, 5.41) is 21.8. The molecule has 0 aliphatic carbocycles. The maximum absolute atomic E-state index is 10.1. The summed E-state index contributed by atoms with van der Waals surface area (Å²) < 4.78 is 1.97. The van der Waals surface area contributed by atoms with Crippen molar-refractivity contribution in [2.75, 3.05) is 38.1 Å². The minimum Gasteiger partial charge on any atom is -0.506 e. The molecule has 1 aliphatic rings. The van der Waals surface area contributed by atoms with Gasteiger partial charge in [0.25, 0.3) is 0 Å². The number of aromatic nitrogens is 3. The molecule has 0 spiro atoms. The number of piperazine rings is 1. The average Bonchev–Trinajstić information content (AvgIpc) is 3.24. The van der Waals surface area contributed by atoms with Gasteiger partial charge in [0.1, 0.15) is 12.1 Å². The summed E-state index contributed by atoms with van der Waals surface area (Å²) in [5.74, 6) is 1.98. The second kappa shape index (κ2) is 8.64. The first-order chi connectivity index (χ1) is 14.3. The van der Waals surface area contributed by atoms with Gasteiger partial charge in [-0.15, -0.1) is 10.2 Å². The van der Waals surface area contributed by atoms with E-state index in [9.17, 15) is 5.11 Å². The van der Waals surface area contributed by atoms with Gasteiger partial charge < -0.3 is 20.2 Å². The first-order valence-electron chi connectivity index (χ1n) is 9.69. The number of hydrogen-bond acceptors (Lipinski definition) is 5. The van der Waals surface area contributed by atoms with Gasteiger partial charge in [-0.2, -0.15) is 0 Å². The van der Waals surface area contributed by atoms with Gasteiger partial charge in [-0.1, -0.05) is 30.3 Å². The van der Waals surface area contributed by atoms with Crippen molar-refractivity contribution >= 4 is 11.6 Å². The van der Waals surface area contributed by atoms with E-state index in [2.05, 4.69) is 30.3 Å². The number of benzene rings is 2. The van der Waals surface area contributed by atoms with Crippen LogP contribution in [0.5, 0.6) is 5.75 Å². The third kappa shape index (κ3) is 4.16. The van der Waals surface area contributed by atoms with E-state index in [1.54, 1.807) is 19.4 Å². The lowest BCUT2D eigenvalue weighted by Gasteiger charge is -2.37. The van der Waals surface area contributed by atoms with Crippen molar-refractivity contribution < 1.29 is 5.11 Å². The van der Waals surface area contributed by atoms with E-state index in [0.717, 1.165) is 49.3 Å². The van der Waals surface area contributed by atoms with E-state index in [0.29, 0.717) is 12.3 Å². The maximum Gasteiger partial charge on any atom is 0.194 e. The van der Waals surface area contributed by atoms with Crippen molar-refractivity contribution in [2.24, 2.45) is 4.99 Å². The summed E-state index contributed by atoms with van der Waals surface area (Å²) in [6, 6.07) is 17.5. The van der Waals surface area contributed by atoms with E-state index < -0.39 is 0 Å². The zero-order chi connectivity index (χ0) is 20.1. The van der Waals surface area contributed by atoms with Gasteiger partial charge in [-0.25, -0.2) is 0 Å². The van der Waals surface area contributed by atoms with Crippen LogP contribution in [0.4, 0.5) is 5.69 Å². The highest BCUT2D eigenvalue weighted by atomic mass is 16.3. The summed E-state index contributed by atoms with van der Waals surface area (Å²) in [6.07, 6.45) is 1.72. The summed E-state index contributed by atoms with van der Waals surface area (Å²) in [5.41, 5.74) is 1.91. The molecule has 0 atom stereocenters. The molecule has 0 saturated carbocycles. The van der Waals surface area contributed by atoms with Gasteiger partial charge in [-0.05, 0) is 24.3 Å². The minimum atomic E-state index is 0.323. The zero-order valence-corrected chi connectivity index (χ0v) is 16.4. The van der Waals surface area contributed by atoms with Gasteiger partial charge in [0.05, 0.1) is 12.2 Å². The van der Waals surface area contributed by atoms with Crippen LogP contribution in [0, 0.1) is 0 Å². The Balaban J connectivity index is 1.37. The molecule has 0 radical (unpaired) electrons. The number of rotatable bonds is 4. The summed E-state index contributed by atoms with van der Waals surface area (Å²) in [6.45, 7) is 3.80. The van der Waals surface area contributed by atoms with E-state index in [1.165, 1.54) is 0 Å². The highest BCUT2D eigenvalue weighted by Gasteiger charge is 2.21. The molecule has 8 nitrogen and oxygen atoms in total. The maximum atomic E-state index is 10.1. The standard InChI is InChI=1S/C21H25N7O/c1-22-21(23-15-20-25-24-16-28(20)17-7-3-2-4-8-17)27-13-11-26(12-14-27)18-9-5-6-10-19(18)29/h2-10,16,29H,11-15H2,1H3,(H,22,23). The quantitative estimate of drug-likeness (QED) is 0.522. The van der Waals surface area contributed by atoms with Crippen molar-refractivity contribution in [2.45, 2.75) is 6.54 Å². The Bertz CT molecular complexity index is 962. The Labute approximate surface area is 170 Å². The third-order valence-electron chi connectivity index (χ3n) is 5.07. The molecule has 150 valence electrons. The minimum absolute atomic E-state index is 0.323. The number of aliphatic imine (C=N–C) groups is 1. The number of aromatic hydroxyl groups is 1. The smallest absolute Gasteiger partial charge is 0.194 e. The molecule has 3 aromatic rings. The van der Waals surface area contributed by atoms with Crippen LogP contribution in [0.3, 0.4) is 0 Å². The van der Waals surface area contributed by atoms with Gasteiger partial charge in [0.15, 0.2) is 11.8 Å². The predicted molar refractivity (Wildman–Crippen MR) is 113 cm³/mol. The second-order valence-electron chi connectivity index (χ2n) is 6.82. The van der Waals surface area contributed by atoms with Crippen molar-refractivity contribution in [1.29, 1.82) is 0 Å². The molecule has 2 aromatic carbocycles. The Hall–Kier alpha value is -3.55. The van der Waals surface area contributed by atoms with E-state index >= 15 is 0 Å². The van der Waals surface area contributed by atoms with Gasteiger partial charge in [0.2, 0.25) is 0 Å². The molecule has 1 saturated heterocycles. The number of phenolic OH excluding ortho intramolecular Hbond substituents is 1. The number of phenols is 1. The molecule has 4 rings (SSSR count). The van der Waals surface area contributed by atoms with Crippen molar-refractivity contribution in [3.05, 3.63) is 66.7 Å². The molecule has 2 heterocycles. The molecular weight excluding hydrogens is 366 g/mol. The lowest BCUT2D eigenvalue weighted by atomic mass is 10.2. The highest BCUT2D eigenvalue weighted by molar-refractivity contribution is 5.80. The molecular formula is C21H25N7O. The Morgan fingerprint density at radius 3 is 2.48 bits per heavy atom. The van der Waals surface area contributed by atoms with Crippen LogP contribution in [-0.4, -0.2) is 64.0 Å². The SMILES string of the molecule is CN=C(NCc1nncn1-c1ccccc1)N1CCN(c2ccccc2O)CC1. The topological polar surface area (TPSA) is 81.8 Å². The van der Waals surface area contributed by atoms with Crippen molar-refractivity contribution in [1.82, 2.24) is 25.0 Å². The fourth-order valence-corrected chi connectivity index (χ4v) is 3.56. The van der Waals surface area contributed by atoms with Crippen LogP contribution in [0.25, 0.3) is 5.69 Å². The summed E-state index contributed by atoms with van der Waals surface area (Å²) in [7, 11) is 1.79.